The van der Waals surface area contributed by atoms with Gasteiger partial charge in [0.15, 0.2) is 5.82 Å². The van der Waals surface area contributed by atoms with Crippen LogP contribution in [0.5, 0.6) is 0 Å². The van der Waals surface area contributed by atoms with Gasteiger partial charge in [0.05, 0.1) is 12.0 Å². The van der Waals surface area contributed by atoms with Crippen LogP contribution in [0.25, 0.3) is 0 Å². The van der Waals surface area contributed by atoms with Gasteiger partial charge in [-0.25, -0.2) is 0 Å². The van der Waals surface area contributed by atoms with Crippen LogP contribution < -0.4 is 10.6 Å². The molecule has 1 aromatic rings. The van der Waals surface area contributed by atoms with Crippen LogP contribution >= 0.6 is 0 Å². The van der Waals surface area contributed by atoms with Crippen LogP contribution in [0.1, 0.15) is 25.1 Å². The van der Waals surface area contributed by atoms with Crippen molar-refractivity contribution in [2.24, 2.45) is 5.41 Å². The van der Waals surface area contributed by atoms with Crippen molar-refractivity contribution in [3.05, 3.63) is 11.7 Å². The summed E-state index contributed by atoms with van der Waals surface area (Å²) in [6.45, 7) is 5.62. The van der Waals surface area contributed by atoms with Crippen molar-refractivity contribution < 1.29 is 9.32 Å². The number of carbonyl (C=O) groups excluding carboxylic acids is 1. The molecule has 0 bridgehead atoms. The van der Waals surface area contributed by atoms with E-state index in [1.165, 1.54) is 0 Å². The number of rotatable bonds is 3. The van der Waals surface area contributed by atoms with E-state index < -0.39 is 0 Å². The van der Waals surface area contributed by atoms with Crippen LogP contribution in [0.2, 0.25) is 0 Å². The fraction of sp³-hybridized carbons (Fsp3) is 0.700. The lowest BCUT2D eigenvalue weighted by molar-refractivity contribution is -0.129. The molecule has 1 atom stereocenters. The molecule has 0 spiro atoms. The smallest absolute Gasteiger partial charge is 0.246 e. The molecule has 1 amide bonds. The standard InChI is InChI=1S/C10H16N4O2/c1-7-13-8(16-14-7)5-12-9(15)10(2)3-4-11-6-10/h11H,3-6H2,1-2H3,(H,12,15). The molecule has 2 rings (SSSR count). The average Bonchev–Trinajstić information content (AvgIpc) is 2.85. The molecule has 2 heterocycles. The van der Waals surface area contributed by atoms with Gasteiger partial charge >= 0.3 is 0 Å². The van der Waals surface area contributed by atoms with Crippen molar-refractivity contribution in [3.8, 4) is 0 Å². The zero-order valence-corrected chi connectivity index (χ0v) is 9.54. The van der Waals surface area contributed by atoms with Crippen LogP contribution in [0.4, 0.5) is 0 Å². The summed E-state index contributed by atoms with van der Waals surface area (Å²) in [6.07, 6.45) is 0.863. The number of hydrogen-bond donors (Lipinski definition) is 2. The number of carbonyl (C=O) groups is 1. The second-order valence-electron chi connectivity index (χ2n) is 4.41. The first-order chi connectivity index (χ1) is 7.60. The van der Waals surface area contributed by atoms with Crippen LogP contribution in [0.15, 0.2) is 4.52 Å². The minimum absolute atomic E-state index is 0.0355. The summed E-state index contributed by atoms with van der Waals surface area (Å²) in [4.78, 5) is 15.9. The lowest BCUT2D eigenvalue weighted by Gasteiger charge is -2.20. The highest BCUT2D eigenvalue weighted by Gasteiger charge is 2.36. The topological polar surface area (TPSA) is 80.0 Å². The number of aryl methyl sites for hydroxylation is 1. The molecule has 0 radical (unpaired) electrons. The first-order valence-electron chi connectivity index (χ1n) is 5.38. The Balaban J connectivity index is 1.88. The van der Waals surface area contributed by atoms with Crippen LogP contribution in [0, 0.1) is 12.3 Å². The van der Waals surface area contributed by atoms with E-state index in [0.717, 1.165) is 19.5 Å². The molecule has 0 aliphatic carbocycles. The Bertz CT molecular complexity index is 382. The number of hydrogen-bond acceptors (Lipinski definition) is 5. The molecule has 0 saturated carbocycles. The van der Waals surface area contributed by atoms with E-state index in [1.54, 1.807) is 6.92 Å². The second kappa shape index (κ2) is 4.21. The number of amides is 1. The Labute approximate surface area is 93.8 Å². The van der Waals surface area contributed by atoms with Gasteiger partial charge in [-0.05, 0) is 26.8 Å². The summed E-state index contributed by atoms with van der Waals surface area (Å²) in [6, 6.07) is 0. The molecule has 1 fully saturated rings. The highest BCUT2D eigenvalue weighted by atomic mass is 16.5. The zero-order valence-electron chi connectivity index (χ0n) is 9.54. The molecule has 1 saturated heterocycles. The molecule has 1 aliphatic rings. The quantitative estimate of drug-likeness (QED) is 0.755. The molecule has 6 heteroatoms. The second-order valence-corrected chi connectivity index (χ2v) is 4.41. The predicted octanol–water partition coefficient (Wildman–Crippen LogP) is -0.00618. The summed E-state index contributed by atoms with van der Waals surface area (Å²) >= 11 is 0. The first-order valence-corrected chi connectivity index (χ1v) is 5.38. The minimum Gasteiger partial charge on any atom is -0.347 e. The Kier molecular flexibility index (Phi) is 2.91. The molecular formula is C10H16N4O2. The van der Waals surface area contributed by atoms with E-state index in [-0.39, 0.29) is 11.3 Å². The van der Waals surface area contributed by atoms with Gasteiger partial charge in [0.2, 0.25) is 11.8 Å². The average molecular weight is 224 g/mol. The van der Waals surface area contributed by atoms with Crippen LogP contribution in [0.3, 0.4) is 0 Å². The molecule has 1 aliphatic heterocycles. The Morgan fingerprint density at radius 3 is 3.06 bits per heavy atom. The van der Waals surface area contributed by atoms with Crippen molar-refractivity contribution in [3.63, 3.8) is 0 Å². The van der Waals surface area contributed by atoms with Gasteiger partial charge in [-0.2, -0.15) is 4.98 Å². The van der Waals surface area contributed by atoms with Crippen molar-refractivity contribution in [2.75, 3.05) is 13.1 Å². The van der Waals surface area contributed by atoms with E-state index in [0.29, 0.717) is 18.3 Å². The van der Waals surface area contributed by atoms with Crippen LogP contribution in [-0.2, 0) is 11.3 Å². The molecular weight excluding hydrogens is 208 g/mol. The first kappa shape index (κ1) is 11.1. The van der Waals surface area contributed by atoms with Gasteiger partial charge in [-0.3, -0.25) is 4.79 Å². The number of nitrogens with one attached hydrogen (secondary N) is 2. The minimum atomic E-state index is -0.310. The fourth-order valence-corrected chi connectivity index (χ4v) is 1.79. The Morgan fingerprint density at radius 2 is 2.50 bits per heavy atom. The molecule has 1 unspecified atom stereocenters. The molecule has 16 heavy (non-hydrogen) atoms. The third-order valence-corrected chi connectivity index (χ3v) is 2.89. The maximum atomic E-state index is 11.9. The van der Waals surface area contributed by atoms with Crippen molar-refractivity contribution in [1.82, 2.24) is 20.8 Å². The van der Waals surface area contributed by atoms with Gasteiger partial charge in [-0.15, -0.1) is 0 Å². The summed E-state index contributed by atoms with van der Waals surface area (Å²) in [5.41, 5.74) is -0.310. The van der Waals surface area contributed by atoms with Gasteiger partial charge < -0.3 is 15.2 Å². The summed E-state index contributed by atoms with van der Waals surface area (Å²) in [5.74, 6) is 1.06. The third kappa shape index (κ3) is 2.21. The Morgan fingerprint density at radius 1 is 1.69 bits per heavy atom. The Hall–Kier alpha value is -1.43. The normalized spacial score (nSPS) is 24.6. The van der Waals surface area contributed by atoms with E-state index >= 15 is 0 Å². The zero-order chi connectivity index (χ0) is 11.6. The monoisotopic (exact) mass is 224 g/mol. The van der Waals surface area contributed by atoms with E-state index in [9.17, 15) is 4.79 Å². The predicted molar refractivity (Wildman–Crippen MR) is 56.5 cm³/mol. The van der Waals surface area contributed by atoms with E-state index in [2.05, 4.69) is 20.8 Å². The summed E-state index contributed by atoms with van der Waals surface area (Å²) in [5, 5.41) is 9.66. The van der Waals surface area contributed by atoms with E-state index in [4.69, 9.17) is 4.52 Å². The number of nitrogens with zero attached hydrogens (tertiary/aromatic N) is 2. The van der Waals surface area contributed by atoms with Crippen molar-refractivity contribution >= 4 is 5.91 Å². The van der Waals surface area contributed by atoms with Gasteiger partial charge in [-0.1, -0.05) is 5.16 Å². The number of aromatic nitrogens is 2. The fourth-order valence-electron chi connectivity index (χ4n) is 1.79. The molecule has 88 valence electrons. The summed E-state index contributed by atoms with van der Waals surface area (Å²) in [7, 11) is 0. The maximum Gasteiger partial charge on any atom is 0.246 e. The van der Waals surface area contributed by atoms with Crippen molar-refractivity contribution in [1.29, 1.82) is 0 Å². The van der Waals surface area contributed by atoms with Crippen LogP contribution in [-0.4, -0.2) is 29.1 Å². The van der Waals surface area contributed by atoms with Gasteiger partial charge in [0, 0.05) is 6.54 Å². The molecule has 2 N–H and O–H groups in total. The third-order valence-electron chi connectivity index (χ3n) is 2.89. The highest BCUT2D eigenvalue weighted by molar-refractivity contribution is 5.82. The lowest BCUT2D eigenvalue weighted by Crippen LogP contribution is -2.40. The SMILES string of the molecule is Cc1noc(CNC(=O)C2(C)CCNC2)n1. The highest BCUT2D eigenvalue weighted by Crippen LogP contribution is 2.24. The van der Waals surface area contributed by atoms with Gasteiger partial charge in [0.1, 0.15) is 0 Å². The maximum absolute atomic E-state index is 11.9. The van der Waals surface area contributed by atoms with Crippen molar-refractivity contribution in [2.45, 2.75) is 26.8 Å². The lowest BCUT2D eigenvalue weighted by atomic mass is 9.89. The largest absolute Gasteiger partial charge is 0.347 e. The molecule has 0 aromatic carbocycles. The molecule has 6 nitrogen and oxygen atoms in total. The van der Waals surface area contributed by atoms with Gasteiger partial charge in [0.25, 0.3) is 0 Å². The summed E-state index contributed by atoms with van der Waals surface area (Å²) < 4.78 is 4.92. The molecule has 1 aromatic heterocycles. The van der Waals surface area contributed by atoms with E-state index in [1.807, 2.05) is 6.92 Å².